The van der Waals surface area contributed by atoms with Gasteiger partial charge >= 0.3 is 6.03 Å². The molecule has 2 amide bonds. The fourth-order valence-corrected chi connectivity index (χ4v) is 2.35. The lowest BCUT2D eigenvalue weighted by Gasteiger charge is -2.21. The predicted molar refractivity (Wildman–Crippen MR) is 99.8 cm³/mol. The second-order valence-corrected chi connectivity index (χ2v) is 5.64. The first-order valence-corrected chi connectivity index (χ1v) is 8.19. The van der Waals surface area contributed by atoms with Crippen LogP contribution < -0.4 is 10.1 Å². The van der Waals surface area contributed by atoms with Crippen molar-refractivity contribution in [2.75, 3.05) is 25.0 Å². The Morgan fingerprint density at radius 2 is 2.04 bits per heavy atom. The van der Waals surface area contributed by atoms with Gasteiger partial charge in [-0.25, -0.2) is 4.79 Å². The Balaban J connectivity index is 1.98. The summed E-state index contributed by atoms with van der Waals surface area (Å²) >= 11 is 0. The largest absolute Gasteiger partial charge is 0.489 e. The van der Waals surface area contributed by atoms with Gasteiger partial charge in [0.2, 0.25) is 0 Å². The van der Waals surface area contributed by atoms with Gasteiger partial charge in [0.25, 0.3) is 0 Å². The second kappa shape index (κ2) is 9.49. The van der Waals surface area contributed by atoms with Crippen LogP contribution in [0.5, 0.6) is 5.75 Å². The summed E-state index contributed by atoms with van der Waals surface area (Å²) in [6, 6.07) is 15.2. The number of hydrogen-bond donors (Lipinski definition) is 2. The zero-order chi connectivity index (χ0) is 18.1. The van der Waals surface area contributed by atoms with E-state index in [-0.39, 0.29) is 19.2 Å². The molecule has 0 unspecified atom stereocenters. The molecule has 0 atom stereocenters. The van der Waals surface area contributed by atoms with E-state index in [1.165, 1.54) is 4.90 Å². The van der Waals surface area contributed by atoms with Crippen molar-refractivity contribution in [1.29, 1.82) is 0 Å². The maximum absolute atomic E-state index is 12.3. The number of aliphatic hydroxyl groups is 1. The molecule has 2 aromatic carbocycles. The molecule has 0 heterocycles. The molecule has 0 saturated carbocycles. The Labute approximate surface area is 148 Å². The van der Waals surface area contributed by atoms with Gasteiger partial charge in [0.15, 0.2) is 0 Å². The fourth-order valence-electron chi connectivity index (χ4n) is 2.35. The van der Waals surface area contributed by atoms with Gasteiger partial charge in [0.05, 0.1) is 6.61 Å². The molecule has 0 aliphatic rings. The first-order chi connectivity index (χ1) is 12.1. The average molecular weight is 340 g/mol. The molecule has 0 aliphatic heterocycles. The summed E-state index contributed by atoms with van der Waals surface area (Å²) in [5, 5.41) is 11.9. The van der Waals surface area contributed by atoms with E-state index in [2.05, 4.69) is 11.9 Å². The molecular formula is C20H24N2O3. The van der Waals surface area contributed by atoms with Crippen LogP contribution in [0.3, 0.4) is 0 Å². The number of benzene rings is 2. The first-order valence-electron chi connectivity index (χ1n) is 8.19. The lowest BCUT2D eigenvalue weighted by molar-refractivity contribution is 0.195. The van der Waals surface area contributed by atoms with E-state index in [1.54, 1.807) is 6.08 Å². The minimum atomic E-state index is -0.269. The lowest BCUT2D eigenvalue weighted by Crippen LogP contribution is -2.37. The molecule has 0 bridgehead atoms. The minimum Gasteiger partial charge on any atom is -0.489 e. The minimum absolute atomic E-state index is 0.0908. The Morgan fingerprint density at radius 1 is 1.28 bits per heavy atom. The van der Waals surface area contributed by atoms with E-state index in [0.29, 0.717) is 18.8 Å². The molecule has 2 rings (SSSR count). The van der Waals surface area contributed by atoms with Crippen molar-refractivity contribution in [2.24, 2.45) is 0 Å². The first kappa shape index (κ1) is 18.5. The van der Waals surface area contributed by atoms with Crippen LogP contribution in [0.15, 0.2) is 61.2 Å². The third-order valence-electron chi connectivity index (χ3n) is 3.69. The normalized spacial score (nSPS) is 10.2. The predicted octanol–water partition coefficient (Wildman–Crippen LogP) is 3.59. The van der Waals surface area contributed by atoms with E-state index in [4.69, 9.17) is 9.84 Å². The van der Waals surface area contributed by atoms with Crippen LogP contribution in [-0.4, -0.2) is 35.7 Å². The molecule has 0 radical (unpaired) electrons. The number of nitrogens with zero attached hydrogens (tertiary/aromatic N) is 1. The van der Waals surface area contributed by atoms with Crippen LogP contribution in [0.4, 0.5) is 10.5 Å². The van der Waals surface area contributed by atoms with Gasteiger partial charge in [-0.15, -0.1) is 6.58 Å². The number of nitrogens with one attached hydrogen (secondary N) is 1. The van der Waals surface area contributed by atoms with E-state index < -0.39 is 0 Å². The molecule has 5 heteroatoms. The van der Waals surface area contributed by atoms with Crippen LogP contribution in [0, 0.1) is 6.92 Å². The molecule has 0 saturated heterocycles. The summed E-state index contributed by atoms with van der Waals surface area (Å²) in [5.41, 5.74) is 2.71. The fraction of sp³-hybridized carbons (Fsp3) is 0.250. The molecule has 2 N–H and O–H groups in total. The number of carbonyl (C=O) groups excluding carboxylic acids is 1. The van der Waals surface area contributed by atoms with Gasteiger partial charge in [-0.1, -0.05) is 36.4 Å². The molecule has 5 nitrogen and oxygen atoms in total. The Morgan fingerprint density at radius 3 is 2.68 bits per heavy atom. The van der Waals surface area contributed by atoms with Crippen LogP contribution >= 0.6 is 0 Å². The maximum Gasteiger partial charge on any atom is 0.322 e. The lowest BCUT2D eigenvalue weighted by atomic mass is 10.2. The molecule has 0 aromatic heterocycles. The summed E-state index contributed by atoms with van der Waals surface area (Å²) in [5.74, 6) is 0.748. The van der Waals surface area contributed by atoms with Crippen LogP contribution in [0.1, 0.15) is 11.1 Å². The summed E-state index contributed by atoms with van der Waals surface area (Å²) in [6.45, 7) is 6.58. The van der Waals surface area contributed by atoms with Crippen molar-refractivity contribution < 1.29 is 14.6 Å². The van der Waals surface area contributed by atoms with Crippen molar-refractivity contribution in [3.8, 4) is 5.75 Å². The maximum atomic E-state index is 12.3. The van der Waals surface area contributed by atoms with E-state index in [0.717, 1.165) is 16.9 Å². The van der Waals surface area contributed by atoms with Crippen molar-refractivity contribution in [2.45, 2.75) is 13.5 Å². The molecule has 0 aliphatic carbocycles. The molecule has 25 heavy (non-hydrogen) atoms. The third-order valence-corrected chi connectivity index (χ3v) is 3.69. The van der Waals surface area contributed by atoms with Crippen LogP contribution in [0.25, 0.3) is 0 Å². The van der Waals surface area contributed by atoms with Crippen LogP contribution in [0.2, 0.25) is 0 Å². The van der Waals surface area contributed by atoms with Gasteiger partial charge in [0, 0.05) is 18.8 Å². The van der Waals surface area contributed by atoms with E-state index >= 15 is 0 Å². The number of amides is 2. The van der Waals surface area contributed by atoms with E-state index in [9.17, 15) is 4.79 Å². The Hall–Kier alpha value is -2.79. The number of aryl methyl sites for hydroxylation is 1. The summed E-state index contributed by atoms with van der Waals surface area (Å²) in [7, 11) is 0. The zero-order valence-corrected chi connectivity index (χ0v) is 14.4. The summed E-state index contributed by atoms with van der Waals surface area (Å²) < 4.78 is 5.79. The number of aliphatic hydroxyl groups excluding tert-OH is 1. The second-order valence-electron chi connectivity index (χ2n) is 5.64. The smallest absolute Gasteiger partial charge is 0.322 e. The number of hydrogen-bond acceptors (Lipinski definition) is 3. The van der Waals surface area contributed by atoms with E-state index in [1.807, 2.05) is 55.5 Å². The highest BCUT2D eigenvalue weighted by Crippen LogP contribution is 2.22. The van der Waals surface area contributed by atoms with Gasteiger partial charge in [-0.2, -0.15) is 0 Å². The molecule has 2 aromatic rings. The SMILES string of the molecule is C=CCN(CCO)C(=O)Nc1ccc(OCc2ccccc2)cc1C. The summed E-state index contributed by atoms with van der Waals surface area (Å²) in [6.07, 6.45) is 1.63. The van der Waals surface area contributed by atoms with Crippen molar-refractivity contribution in [3.63, 3.8) is 0 Å². The highest BCUT2D eigenvalue weighted by atomic mass is 16.5. The highest BCUT2D eigenvalue weighted by molar-refractivity contribution is 5.90. The van der Waals surface area contributed by atoms with Crippen LogP contribution in [-0.2, 0) is 6.61 Å². The molecular weight excluding hydrogens is 316 g/mol. The Kier molecular flexibility index (Phi) is 7.04. The van der Waals surface area contributed by atoms with Crippen molar-refractivity contribution >= 4 is 11.7 Å². The molecule has 0 spiro atoms. The molecule has 132 valence electrons. The van der Waals surface area contributed by atoms with Crippen molar-refractivity contribution in [1.82, 2.24) is 4.90 Å². The average Bonchev–Trinajstić information content (AvgIpc) is 2.62. The number of carbonyl (C=O) groups is 1. The highest BCUT2D eigenvalue weighted by Gasteiger charge is 2.13. The third kappa shape index (κ3) is 5.65. The number of urea groups is 1. The standard InChI is InChI=1S/C20H24N2O3/c1-3-11-22(12-13-23)20(24)21-19-10-9-18(14-16(19)2)25-15-17-7-5-4-6-8-17/h3-10,14,23H,1,11-13,15H2,2H3,(H,21,24). The topological polar surface area (TPSA) is 61.8 Å². The number of rotatable bonds is 8. The van der Waals surface area contributed by atoms with Gasteiger partial charge < -0.3 is 20.1 Å². The molecule has 0 fully saturated rings. The van der Waals surface area contributed by atoms with Gasteiger partial charge in [-0.3, -0.25) is 0 Å². The summed E-state index contributed by atoms with van der Waals surface area (Å²) in [4.78, 5) is 13.8. The number of anilines is 1. The van der Waals surface area contributed by atoms with Crippen molar-refractivity contribution in [3.05, 3.63) is 72.3 Å². The van der Waals surface area contributed by atoms with Gasteiger partial charge in [-0.05, 0) is 36.2 Å². The Bertz CT molecular complexity index is 701. The number of ether oxygens (including phenoxy) is 1. The quantitative estimate of drug-likeness (QED) is 0.722. The van der Waals surface area contributed by atoms with Gasteiger partial charge in [0.1, 0.15) is 12.4 Å². The zero-order valence-electron chi connectivity index (χ0n) is 14.4. The monoisotopic (exact) mass is 340 g/mol.